The van der Waals surface area contributed by atoms with Gasteiger partial charge in [-0.25, -0.2) is 8.78 Å². The Bertz CT molecular complexity index is 802. The van der Waals surface area contributed by atoms with E-state index in [-0.39, 0.29) is 30.1 Å². The Morgan fingerprint density at radius 1 is 0.963 bits per heavy atom. The molecule has 4 rings (SSSR count). The highest BCUT2D eigenvalue weighted by Gasteiger charge is 2.38. The Kier molecular flexibility index (Phi) is 5.97. The van der Waals surface area contributed by atoms with Crippen molar-refractivity contribution in [1.82, 2.24) is 10.2 Å². The smallest absolute Gasteiger partial charge is 0.254 e. The van der Waals surface area contributed by atoms with Crippen LogP contribution < -0.4 is 10.1 Å². The van der Waals surface area contributed by atoms with Crippen molar-refractivity contribution in [1.29, 1.82) is 0 Å². The standard InChI is InChI=1S/C20H20F2N2O2.ClH/c21-18-8-7-17(11-19(18)22)26-16-5-1-13(2-6-16)20(25)24-14-3-4-15(24)12-23-10-9-14;/h1-2,5-8,11,14-15,23H,3-4,9-10,12H2;1H. The van der Waals surface area contributed by atoms with Crippen LogP contribution in [0.1, 0.15) is 29.6 Å². The van der Waals surface area contributed by atoms with E-state index in [9.17, 15) is 13.6 Å². The van der Waals surface area contributed by atoms with Crippen LogP contribution in [0.2, 0.25) is 0 Å². The zero-order chi connectivity index (χ0) is 18.1. The monoisotopic (exact) mass is 394 g/mol. The van der Waals surface area contributed by atoms with E-state index in [2.05, 4.69) is 5.32 Å². The number of fused-ring (bicyclic) bond motifs is 2. The fraction of sp³-hybridized carbons (Fsp3) is 0.350. The lowest BCUT2D eigenvalue weighted by molar-refractivity contribution is 0.0680. The summed E-state index contributed by atoms with van der Waals surface area (Å²) in [7, 11) is 0. The summed E-state index contributed by atoms with van der Waals surface area (Å²) in [6.45, 7) is 1.80. The predicted molar refractivity (Wildman–Crippen MR) is 101 cm³/mol. The van der Waals surface area contributed by atoms with Crippen LogP contribution in [0.25, 0.3) is 0 Å². The molecule has 2 saturated heterocycles. The number of carbonyl (C=O) groups excluding carboxylic acids is 1. The van der Waals surface area contributed by atoms with Gasteiger partial charge in [0.15, 0.2) is 11.6 Å². The lowest BCUT2D eigenvalue weighted by Gasteiger charge is -2.28. The maximum Gasteiger partial charge on any atom is 0.254 e. The summed E-state index contributed by atoms with van der Waals surface area (Å²) in [6.07, 6.45) is 3.09. The molecule has 1 amide bonds. The van der Waals surface area contributed by atoms with Gasteiger partial charge in [-0.3, -0.25) is 4.79 Å². The second-order valence-corrected chi connectivity index (χ2v) is 6.79. The van der Waals surface area contributed by atoms with Crippen LogP contribution in [0.4, 0.5) is 8.78 Å². The quantitative estimate of drug-likeness (QED) is 0.850. The molecule has 1 N–H and O–H groups in total. The number of ether oxygens (including phenoxy) is 1. The van der Waals surface area contributed by atoms with E-state index in [1.54, 1.807) is 24.3 Å². The molecule has 2 aromatic rings. The first-order valence-electron chi connectivity index (χ1n) is 8.88. The van der Waals surface area contributed by atoms with Gasteiger partial charge in [-0.05, 0) is 62.2 Å². The molecule has 7 heteroatoms. The van der Waals surface area contributed by atoms with Gasteiger partial charge < -0.3 is 15.0 Å². The molecule has 2 aliphatic heterocycles. The Balaban J connectivity index is 0.00000210. The summed E-state index contributed by atoms with van der Waals surface area (Å²) in [6, 6.07) is 10.7. The van der Waals surface area contributed by atoms with Crippen LogP contribution in [0, 0.1) is 11.6 Å². The number of amides is 1. The molecule has 0 aliphatic carbocycles. The SMILES string of the molecule is Cl.O=C(c1ccc(Oc2ccc(F)c(F)c2)cc1)N1C2CCNCC1CC2. The van der Waals surface area contributed by atoms with E-state index in [1.807, 2.05) is 4.90 Å². The van der Waals surface area contributed by atoms with Crippen molar-refractivity contribution < 1.29 is 18.3 Å². The largest absolute Gasteiger partial charge is 0.457 e. The topological polar surface area (TPSA) is 41.6 Å². The van der Waals surface area contributed by atoms with Crippen molar-refractivity contribution in [2.24, 2.45) is 0 Å². The van der Waals surface area contributed by atoms with E-state index in [0.29, 0.717) is 17.4 Å². The van der Waals surface area contributed by atoms with Gasteiger partial charge in [0, 0.05) is 30.3 Å². The van der Waals surface area contributed by atoms with Gasteiger partial charge in [-0.15, -0.1) is 12.4 Å². The van der Waals surface area contributed by atoms with Gasteiger partial charge in [0.25, 0.3) is 5.91 Å². The predicted octanol–water partition coefficient (Wildman–Crippen LogP) is 4.15. The lowest BCUT2D eigenvalue weighted by Crippen LogP contribution is -2.42. The molecule has 2 heterocycles. The first-order valence-corrected chi connectivity index (χ1v) is 8.88. The number of rotatable bonds is 3. The third kappa shape index (κ3) is 4.06. The average Bonchev–Trinajstić information content (AvgIpc) is 2.91. The lowest BCUT2D eigenvalue weighted by atomic mass is 10.1. The van der Waals surface area contributed by atoms with Crippen LogP contribution in [0.15, 0.2) is 42.5 Å². The maximum absolute atomic E-state index is 13.3. The van der Waals surface area contributed by atoms with Gasteiger partial charge >= 0.3 is 0 Å². The van der Waals surface area contributed by atoms with Gasteiger partial charge in [-0.1, -0.05) is 0 Å². The Labute approximate surface area is 162 Å². The number of halogens is 3. The summed E-state index contributed by atoms with van der Waals surface area (Å²) in [4.78, 5) is 15.0. The molecule has 0 radical (unpaired) electrons. The van der Waals surface area contributed by atoms with E-state index < -0.39 is 11.6 Å². The van der Waals surface area contributed by atoms with Crippen LogP contribution in [0.3, 0.4) is 0 Å². The molecule has 4 nitrogen and oxygen atoms in total. The molecule has 144 valence electrons. The number of hydrogen-bond acceptors (Lipinski definition) is 3. The second-order valence-electron chi connectivity index (χ2n) is 6.79. The van der Waals surface area contributed by atoms with Crippen molar-refractivity contribution in [2.45, 2.75) is 31.3 Å². The Morgan fingerprint density at radius 2 is 1.67 bits per heavy atom. The molecule has 2 unspecified atom stereocenters. The van der Waals surface area contributed by atoms with Gasteiger partial charge in [0.1, 0.15) is 11.5 Å². The van der Waals surface area contributed by atoms with E-state index in [0.717, 1.165) is 44.5 Å². The van der Waals surface area contributed by atoms with Crippen molar-refractivity contribution in [3.63, 3.8) is 0 Å². The summed E-state index contributed by atoms with van der Waals surface area (Å²) < 4.78 is 31.8. The molecule has 27 heavy (non-hydrogen) atoms. The molecular formula is C20H21ClF2N2O2. The third-order valence-corrected chi connectivity index (χ3v) is 5.12. The van der Waals surface area contributed by atoms with Crippen LogP contribution in [-0.2, 0) is 0 Å². The number of benzene rings is 2. The fourth-order valence-electron chi connectivity index (χ4n) is 3.80. The van der Waals surface area contributed by atoms with Crippen LogP contribution >= 0.6 is 12.4 Å². The average molecular weight is 395 g/mol. The molecule has 2 aliphatic rings. The first-order chi connectivity index (χ1) is 12.6. The number of hydrogen-bond donors (Lipinski definition) is 1. The second kappa shape index (κ2) is 8.23. The highest BCUT2D eigenvalue weighted by Crippen LogP contribution is 2.30. The minimum atomic E-state index is -0.959. The molecule has 2 fully saturated rings. The van der Waals surface area contributed by atoms with E-state index >= 15 is 0 Å². The number of nitrogens with one attached hydrogen (secondary N) is 1. The van der Waals surface area contributed by atoms with Crippen molar-refractivity contribution >= 4 is 18.3 Å². The van der Waals surface area contributed by atoms with Crippen molar-refractivity contribution in [3.8, 4) is 11.5 Å². The number of nitrogens with zero attached hydrogens (tertiary/aromatic N) is 1. The molecule has 0 spiro atoms. The summed E-state index contributed by atoms with van der Waals surface area (Å²) in [5.41, 5.74) is 0.612. The minimum absolute atomic E-state index is 0. The third-order valence-electron chi connectivity index (χ3n) is 5.12. The van der Waals surface area contributed by atoms with Gasteiger partial charge in [0.2, 0.25) is 0 Å². The minimum Gasteiger partial charge on any atom is -0.457 e. The highest BCUT2D eigenvalue weighted by molar-refractivity contribution is 5.95. The van der Waals surface area contributed by atoms with E-state index in [1.165, 1.54) is 6.07 Å². The normalized spacial score (nSPS) is 21.3. The molecular weight excluding hydrogens is 374 g/mol. The molecule has 2 atom stereocenters. The van der Waals surface area contributed by atoms with Gasteiger partial charge in [0.05, 0.1) is 0 Å². The first kappa shape index (κ1) is 19.6. The molecule has 0 aromatic heterocycles. The summed E-state index contributed by atoms with van der Waals surface area (Å²) in [5.74, 6) is -1.16. The highest BCUT2D eigenvalue weighted by atomic mass is 35.5. The van der Waals surface area contributed by atoms with E-state index in [4.69, 9.17) is 4.74 Å². The molecule has 2 aromatic carbocycles. The van der Waals surface area contributed by atoms with Crippen LogP contribution in [-0.4, -0.2) is 36.0 Å². The number of carbonyl (C=O) groups is 1. The molecule has 0 saturated carbocycles. The zero-order valence-electron chi connectivity index (χ0n) is 14.7. The van der Waals surface area contributed by atoms with Gasteiger partial charge in [-0.2, -0.15) is 0 Å². The Hall–Kier alpha value is -2.18. The summed E-state index contributed by atoms with van der Waals surface area (Å²) >= 11 is 0. The maximum atomic E-state index is 13.3. The van der Waals surface area contributed by atoms with Crippen molar-refractivity contribution in [2.75, 3.05) is 13.1 Å². The molecule has 2 bridgehead atoms. The zero-order valence-corrected chi connectivity index (χ0v) is 15.5. The van der Waals surface area contributed by atoms with Crippen molar-refractivity contribution in [3.05, 3.63) is 59.7 Å². The fourth-order valence-corrected chi connectivity index (χ4v) is 3.80. The van der Waals surface area contributed by atoms with Crippen LogP contribution in [0.5, 0.6) is 11.5 Å². The summed E-state index contributed by atoms with van der Waals surface area (Å²) in [5, 5.41) is 3.39. The Morgan fingerprint density at radius 3 is 2.41 bits per heavy atom.